The Balaban J connectivity index is 1.87. The van der Waals surface area contributed by atoms with Gasteiger partial charge >= 0.3 is 0 Å². The summed E-state index contributed by atoms with van der Waals surface area (Å²) in [6.07, 6.45) is 0. The van der Waals surface area contributed by atoms with Crippen LogP contribution in [-0.4, -0.2) is 16.9 Å². The van der Waals surface area contributed by atoms with Crippen molar-refractivity contribution in [2.45, 2.75) is 6.92 Å². The lowest BCUT2D eigenvalue weighted by molar-refractivity contribution is -0.114. The van der Waals surface area contributed by atoms with Crippen molar-refractivity contribution < 1.29 is 14.7 Å². The van der Waals surface area contributed by atoms with Crippen molar-refractivity contribution in [2.75, 3.05) is 10.6 Å². The zero-order valence-electron chi connectivity index (χ0n) is 13.0. The topological polar surface area (TPSA) is 78.4 Å². The third-order valence-corrected chi connectivity index (χ3v) is 3.55. The molecule has 24 heavy (non-hydrogen) atoms. The molecule has 0 spiro atoms. The van der Waals surface area contributed by atoms with Crippen LogP contribution < -0.4 is 10.6 Å². The number of hydrogen-bond donors (Lipinski definition) is 3. The van der Waals surface area contributed by atoms with Crippen molar-refractivity contribution in [2.24, 2.45) is 0 Å². The van der Waals surface area contributed by atoms with Gasteiger partial charge < -0.3 is 15.7 Å². The molecular weight excluding hydrogens is 304 g/mol. The molecular formula is C19H16N2O3. The average Bonchev–Trinajstić information content (AvgIpc) is 2.53. The lowest BCUT2D eigenvalue weighted by Crippen LogP contribution is -2.13. The van der Waals surface area contributed by atoms with Crippen LogP contribution in [0.4, 0.5) is 11.4 Å². The Morgan fingerprint density at radius 2 is 1.46 bits per heavy atom. The van der Waals surface area contributed by atoms with E-state index in [0.29, 0.717) is 11.4 Å². The lowest BCUT2D eigenvalue weighted by atomic mass is 10.1. The maximum absolute atomic E-state index is 12.5. The van der Waals surface area contributed by atoms with Crippen LogP contribution in [-0.2, 0) is 4.79 Å². The molecule has 0 aliphatic carbocycles. The van der Waals surface area contributed by atoms with Crippen molar-refractivity contribution in [3.8, 4) is 5.75 Å². The quantitative estimate of drug-likeness (QED) is 0.687. The molecule has 0 radical (unpaired) electrons. The number of nitrogens with one attached hydrogen (secondary N) is 2. The lowest BCUT2D eigenvalue weighted by Gasteiger charge is -2.10. The Labute approximate surface area is 138 Å². The highest BCUT2D eigenvalue weighted by atomic mass is 16.3. The number of hydrogen-bond acceptors (Lipinski definition) is 3. The molecule has 0 heterocycles. The average molecular weight is 320 g/mol. The molecule has 5 nitrogen and oxygen atoms in total. The highest BCUT2D eigenvalue weighted by Gasteiger charge is 2.13. The van der Waals surface area contributed by atoms with Gasteiger partial charge in [0.2, 0.25) is 5.91 Å². The number of rotatable bonds is 3. The minimum Gasteiger partial charge on any atom is -0.507 e. The Morgan fingerprint density at radius 1 is 0.833 bits per heavy atom. The molecule has 2 amide bonds. The number of carbonyl (C=O) groups excluding carboxylic acids is 2. The minimum atomic E-state index is -0.418. The second-order valence-electron chi connectivity index (χ2n) is 5.43. The minimum absolute atomic E-state index is 0.0794. The van der Waals surface area contributed by atoms with Crippen LogP contribution in [0.5, 0.6) is 5.75 Å². The number of phenolic OH excluding ortho intramolecular Hbond substituents is 1. The Hall–Kier alpha value is -3.34. The first-order valence-electron chi connectivity index (χ1n) is 7.44. The fourth-order valence-electron chi connectivity index (χ4n) is 2.49. The molecule has 0 aliphatic heterocycles. The van der Waals surface area contributed by atoms with E-state index in [2.05, 4.69) is 10.6 Å². The standard InChI is InChI=1S/C19H16N2O3/c1-12(22)20-15-7-4-8-16(11-15)21-19(24)17-9-13-5-2-3-6-14(13)10-18(17)23/h2-11,23H,1H3,(H,20,22)(H,21,24). The van der Waals surface area contributed by atoms with Crippen molar-refractivity contribution in [1.82, 2.24) is 0 Å². The van der Waals surface area contributed by atoms with Crippen LogP contribution in [0.2, 0.25) is 0 Å². The van der Waals surface area contributed by atoms with E-state index in [4.69, 9.17) is 0 Å². The molecule has 3 aromatic rings. The predicted molar refractivity (Wildman–Crippen MR) is 94.3 cm³/mol. The summed E-state index contributed by atoms with van der Waals surface area (Å²) in [5.41, 5.74) is 1.31. The maximum atomic E-state index is 12.5. The normalized spacial score (nSPS) is 10.4. The molecule has 0 bridgehead atoms. The van der Waals surface area contributed by atoms with Crippen LogP contribution >= 0.6 is 0 Å². The number of benzene rings is 3. The molecule has 0 saturated heterocycles. The SMILES string of the molecule is CC(=O)Nc1cccc(NC(=O)c2cc3ccccc3cc2O)c1. The first-order valence-corrected chi connectivity index (χ1v) is 7.44. The van der Waals surface area contributed by atoms with Gasteiger partial charge in [0.05, 0.1) is 5.56 Å². The van der Waals surface area contributed by atoms with Crippen LogP contribution in [0.15, 0.2) is 60.7 Å². The molecule has 0 fully saturated rings. The first-order chi connectivity index (χ1) is 11.5. The molecule has 3 N–H and O–H groups in total. The highest BCUT2D eigenvalue weighted by molar-refractivity contribution is 6.08. The second-order valence-corrected chi connectivity index (χ2v) is 5.43. The molecule has 5 heteroatoms. The largest absolute Gasteiger partial charge is 0.507 e. The molecule has 0 aliphatic rings. The molecule has 0 saturated carbocycles. The van der Waals surface area contributed by atoms with Gasteiger partial charge in [0.15, 0.2) is 0 Å². The molecule has 0 aromatic heterocycles. The number of anilines is 2. The third-order valence-electron chi connectivity index (χ3n) is 3.55. The van der Waals surface area contributed by atoms with Gasteiger partial charge in [-0.15, -0.1) is 0 Å². The van der Waals surface area contributed by atoms with Gasteiger partial charge in [0.1, 0.15) is 5.75 Å². The summed E-state index contributed by atoms with van der Waals surface area (Å²) < 4.78 is 0. The van der Waals surface area contributed by atoms with E-state index in [1.165, 1.54) is 6.92 Å². The van der Waals surface area contributed by atoms with E-state index in [9.17, 15) is 14.7 Å². The molecule has 3 aromatic carbocycles. The van der Waals surface area contributed by atoms with E-state index in [1.54, 1.807) is 36.4 Å². The summed E-state index contributed by atoms with van der Waals surface area (Å²) in [7, 11) is 0. The smallest absolute Gasteiger partial charge is 0.259 e. The number of amides is 2. The van der Waals surface area contributed by atoms with Crippen LogP contribution in [0.25, 0.3) is 10.8 Å². The van der Waals surface area contributed by atoms with Crippen LogP contribution in [0, 0.1) is 0 Å². The van der Waals surface area contributed by atoms with Gasteiger partial charge in [-0.2, -0.15) is 0 Å². The van der Waals surface area contributed by atoms with E-state index in [1.807, 2.05) is 24.3 Å². The molecule has 120 valence electrons. The summed E-state index contributed by atoms with van der Waals surface area (Å²) in [5, 5.41) is 17.2. The fraction of sp³-hybridized carbons (Fsp3) is 0.0526. The van der Waals surface area contributed by atoms with Gasteiger partial charge in [-0.25, -0.2) is 0 Å². The van der Waals surface area contributed by atoms with Gasteiger partial charge in [0, 0.05) is 18.3 Å². The summed E-state index contributed by atoms with van der Waals surface area (Å²) >= 11 is 0. The first kappa shape index (κ1) is 15.6. The maximum Gasteiger partial charge on any atom is 0.259 e. The van der Waals surface area contributed by atoms with E-state index < -0.39 is 5.91 Å². The van der Waals surface area contributed by atoms with Gasteiger partial charge in [0.25, 0.3) is 5.91 Å². The fourth-order valence-corrected chi connectivity index (χ4v) is 2.49. The molecule has 3 rings (SSSR count). The number of phenols is 1. The van der Waals surface area contributed by atoms with Crippen LogP contribution in [0.3, 0.4) is 0 Å². The zero-order chi connectivity index (χ0) is 17.1. The Bertz CT molecular complexity index is 935. The van der Waals surface area contributed by atoms with Gasteiger partial charge in [-0.1, -0.05) is 30.3 Å². The third kappa shape index (κ3) is 3.35. The predicted octanol–water partition coefficient (Wildman–Crippen LogP) is 3.76. The summed E-state index contributed by atoms with van der Waals surface area (Å²) in [6.45, 7) is 1.42. The van der Waals surface area contributed by atoms with E-state index in [-0.39, 0.29) is 17.2 Å². The van der Waals surface area contributed by atoms with E-state index in [0.717, 1.165) is 10.8 Å². The van der Waals surface area contributed by atoms with Gasteiger partial charge in [-0.05, 0) is 41.1 Å². The van der Waals surface area contributed by atoms with Crippen molar-refractivity contribution in [3.63, 3.8) is 0 Å². The summed E-state index contributed by atoms with van der Waals surface area (Å²) in [5.74, 6) is -0.687. The van der Waals surface area contributed by atoms with Crippen molar-refractivity contribution in [1.29, 1.82) is 0 Å². The number of fused-ring (bicyclic) bond motifs is 1. The second kappa shape index (κ2) is 6.42. The summed E-state index contributed by atoms with van der Waals surface area (Å²) in [4.78, 5) is 23.6. The molecule has 0 atom stereocenters. The number of carbonyl (C=O) groups is 2. The van der Waals surface area contributed by atoms with Crippen molar-refractivity contribution in [3.05, 3.63) is 66.2 Å². The monoisotopic (exact) mass is 320 g/mol. The van der Waals surface area contributed by atoms with E-state index >= 15 is 0 Å². The Kier molecular flexibility index (Phi) is 4.16. The van der Waals surface area contributed by atoms with Gasteiger partial charge in [-0.3, -0.25) is 9.59 Å². The van der Waals surface area contributed by atoms with Crippen LogP contribution in [0.1, 0.15) is 17.3 Å². The Morgan fingerprint density at radius 3 is 2.12 bits per heavy atom. The summed E-state index contributed by atoms with van der Waals surface area (Å²) in [6, 6.07) is 17.5. The highest BCUT2D eigenvalue weighted by Crippen LogP contribution is 2.26. The number of aromatic hydroxyl groups is 1. The van der Waals surface area contributed by atoms with Crippen molar-refractivity contribution >= 4 is 34.0 Å². The zero-order valence-corrected chi connectivity index (χ0v) is 13.0. The molecule has 0 unspecified atom stereocenters.